The summed E-state index contributed by atoms with van der Waals surface area (Å²) in [7, 11) is 0. The largest absolute Gasteiger partial charge is 0.494 e. The van der Waals surface area contributed by atoms with Gasteiger partial charge in [0.25, 0.3) is 11.5 Å². The van der Waals surface area contributed by atoms with E-state index in [1.165, 1.54) is 6.07 Å². The van der Waals surface area contributed by atoms with Crippen molar-refractivity contribution in [2.75, 3.05) is 17.2 Å². The van der Waals surface area contributed by atoms with Gasteiger partial charge in [-0.05, 0) is 80.6 Å². The van der Waals surface area contributed by atoms with Crippen LogP contribution in [0.25, 0.3) is 10.6 Å². The number of rotatable bonds is 8. The van der Waals surface area contributed by atoms with Crippen LogP contribution in [0.4, 0.5) is 11.4 Å². The van der Waals surface area contributed by atoms with Crippen LogP contribution in [0.3, 0.4) is 0 Å². The van der Waals surface area contributed by atoms with Crippen LogP contribution < -0.4 is 20.9 Å². The summed E-state index contributed by atoms with van der Waals surface area (Å²) in [5, 5.41) is 9.88. The normalized spacial score (nSPS) is 10.6. The Bertz CT molecular complexity index is 1390. The van der Waals surface area contributed by atoms with Crippen LogP contribution in [-0.4, -0.2) is 28.2 Å². The van der Waals surface area contributed by atoms with Crippen molar-refractivity contribution in [2.24, 2.45) is 0 Å². The highest BCUT2D eigenvalue weighted by Gasteiger charge is 2.11. The van der Waals surface area contributed by atoms with E-state index in [9.17, 15) is 14.4 Å². The van der Waals surface area contributed by atoms with E-state index in [2.05, 4.69) is 15.7 Å². The lowest BCUT2D eigenvalue weighted by atomic mass is 10.2. The maximum absolute atomic E-state index is 12.5. The molecule has 0 bridgehead atoms. The second-order valence-electron chi connectivity index (χ2n) is 7.66. The van der Waals surface area contributed by atoms with Crippen molar-refractivity contribution in [3.8, 4) is 16.3 Å². The van der Waals surface area contributed by atoms with Gasteiger partial charge in [0.15, 0.2) is 0 Å². The number of hydrogen-bond donors (Lipinski definition) is 2. The number of aromatic nitrogens is 2. The standard InChI is InChI=1S/C26H24N4O4S/c1-3-34-21-11-9-20(10-12-21)28-26(33)18-5-7-19(8-6-18)27-24(31)16-30-25(32)15-13-22(29-30)23-14-4-17(2)35-23/h4-15H,3,16H2,1-2H3,(H,27,31)(H,28,33). The summed E-state index contributed by atoms with van der Waals surface area (Å²) in [4.78, 5) is 39.3. The van der Waals surface area contributed by atoms with Gasteiger partial charge in [-0.15, -0.1) is 11.3 Å². The first-order valence-corrected chi connectivity index (χ1v) is 11.8. The van der Waals surface area contributed by atoms with E-state index in [4.69, 9.17) is 4.74 Å². The number of nitrogens with one attached hydrogen (secondary N) is 2. The molecule has 0 saturated carbocycles. The zero-order chi connectivity index (χ0) is 24.8. The van der Waals surface area contributed by atoms with Gasteiger partial charge < -0.3 is 15.4 Å². The van der Waals surface area contributed by atoms with Gasteiger partial charge in [-0.2, -0.15) is 5.10 Å². The molecule has 0 fully saturated rings. The molecular weight excluding hydrogens is 464 g/mol. The summed E-state index contributed by atoms with van der Waals surface area (Å²) < 4.78 is 6.53. The molecule has 0 saturated heterocycles. The molecule has 2 N–H and O–H groups in total. The van der Waals surface area contributed by atoms with Crippen LogP contribution in [-0.2, 0) is 11.3 Å². The highest BCUT2D eigenvalue weighted by molar-refractivity contribution is 7.15. The van der Waals surface area contributed by atoms with E-state index < -0.39 is 5.91 Å². The van der Waals surface area contributed by atoms with Crippen molar-refractivity contribution in [1.82, 2.24) is 9.78 Å². The predicted octanol–water partition coefficient (Wildman–Crippen LogP) is 4.57. The number of anilines is 2. The van der Waals surface area contributed by atoms with Crippen LogP contribution >= 0.6 is 11.3 Å². The van der Waals surface area contributed by atoms with Crippen LogP contribution in [0, 0.1) is 6.92 Å². The van der Waals surface area contributed by atoms with Crippen LogP contribution in [0.1, 0.15) is 22.2 Å². The lowest BCUT2D eigenvalue weighted by Gasteiger charge is -2.09. The topological polar surface area (TPSA) is 102 Å². The molecule has 0 spiro atoms. The molecule has 8 nitrogen and oxygen atoms in total. The Hall–Kier alpha value is -4.24. The molecule has 4 rings (SSSR count). The van der Waals surface area contributed by atoms with E-state index in [1.54, 1.807) is 65.9 Å². The summed E-state index contributed by atoms with van der Waals surface area (Å²) in [5.74, 6) is 0.0607. The van der Waals surface area contributed by atoms with E-state index in [-0.39, 0.29) is 18.0 Å². The van der Waals surface area contributed by atoms with Gasteiger partial charge in [-0.3, -0.25) is 14.4 Å². The highest BCUT2D eigenvalue weighted by Crippen LogP contribution is 2.25. The van der Waals surface area contributed by atoms with Crippen molar-refractivity contribution in [3.05, 3.63) is 93.6 Å². The van der Waals surface area contributed by atoms with Gasteiger partial charge in [-0.25, -0.2) is 4.68 Å². The zero-order valence-corrected chi connectivity index (χ0v) is 20.1. The van der Waals surface area contributed by atoms with Gasteiger partial charge in [0.05, 0.1) is 11.5 Å². The fourth-order valence-electron chi connectivity index (χ4n) is 3.31. The molecule has 2 aromatic carbocycles. The Balaban J connectivity index is 1.36. The fraction of sp³-hybridized carbons (Fsp3) is 0.154. The summed E-state index contributed by atoms with van der Waals surface area (Å²) in [6.45, 7) is 4.25. The lowest BCUT2D eigenvalue weighted by molar-refractivity contribution is -0.117. The predicted molar refractivity (Wildman–Crippen MR) is 137 cm³/mol. The number of nitrogens with zero attached hydrogens (tertiary/aromatic N) is 2. The van der Waals surface area contributed by atoms with E-state index in [0.29, 0.717) is 29.2 Å². The first-order valence-electron chi connectivity index (χ1n) is 11.0. The lowest BCUT2D eigenvalue weighted by Crippen LogP contribution is -2.29. The minimum absolute atomic E-state index is 0.225. The molecule has 0 aliphatic heterocycles. The summed E-state index contributed by atoms with van der Waals surface area (Å²) in [5.41, 5.74) is 1.87. The smallest absolute Gasteiger partial charge is 0.267 e. The minimum atomic E-state index is -0.398. The molecule has 178 valence electrons. The molecule has 4 aromatic rings. The van der Waals surface area contributed by atoms with Gasteiger partial charge in [0, 0.05) is 27.9 Å². The third-order valence-corrected chi connectivity index (χ3v) is 6.03. The minimum Gasteiger partial charge on any atom is -0.494 e. The van der Waals surface area contributed by atoms with E-state index >= 15 is 0 Å². The van der Waals surface area contributed by atoms with Crippen molar-refractivity contribution in [2.45, 2.75) is 20.4 Å². The molecule has 0 radical (unpaired) electrons. The molecule has 0 aliphatic rings. The van der Waals surface area contributed by atoms with Crippen LogP contribution in [0.2, 0.25) is 0 Å². The number of thiophene rings is 1. The Kier molecular flexibility index (Phi) is 7.37. The molecule has 9 heteroatoms. The quantitative estimate of drug-likeness (QED) is 0.378. The number of amides is 2. The molecule has 2 amide bonds. The van der Waals surface area contributed by atoms with Gasteiger partial charge in [0.1, 0.15) is 18.0 Å². The third-order valence-electron chi connectivity index (χ3n) is 5.01. The average molecular weight is 489 g/mol. The number of carbonyl (C=O) groups is 2. The molecule has 2 heterocycles. The maximum Gasteiger partial charge on any atom is 0.267 e. The number of ether oxygens (including phenoxy) is 1. The molecule has 0 atom stereocenters. The number of benzene rings is 2. The van der Waals surface area contributed by atoms with E-state index in [1.807, 2.05) is 26.0 Å². The van der Waals surface area contributed by atoms with Crippen molar-refractivity contribution < 1.29 is 14.3 Å². The third kappa shape index (κ3) is 6.21. The maximum atomic E-state index is 12.5. The Morgan fingerprint density at radius 3 is 2.26 bits per heavy atom. The van der Waals surface area contributed by atoms with Gasteiger partial charge in [0.2, 0.25) is 5.91 Å². The summed E-state index contributed by atoms with van der Waals surface area (Å²) in [6.07, 6.45) is 0. The first-order chi connectivity index (χ1) is 16.9. The second kappa shape index (κ2) is 10.8. The zero-order valence-electron chi connectivity index (χ0n) is 19.3. The fourth-order valence-corrected chi connectivity index (χ4v) is 4.14. The van der Waals surface area contributed by atoms with E-state index in [0.717, 1.165) is 20.2 Å². The first kappa shape index (κ1) is 23.9. The van der Waals surface area contributed by atoms with Crippen LogP contribution in [0.5, 0.6) is 5.75 Å². The van der Waals surface area contributed by atoms with Crippen molar-refractivity contribution >= 4 is 34.5 Å². The molecule has 0 aliphatic carbocycles. The Labute approximate surface area is 206 Å². The van der Waals surface area contributed by atoms with Gasteiger partial charge in [-0.1, -0.05) is 0 Å². The summed E-state index contributed by atoms with van der Waals surface area (Å²) >= 11 is 1.57. The highest BCUT2D eigenvalue weighted by atomic mass is 32.1. The molecular formula is C26H24N4O4S. The Morgan fingerprint density at radius 2 is 1.60 bits per heavy atom. The molecule has 35 heavy (non-hydrogen) atoms. The van der Waals surface area contributed by atoms with Crippen molar-refractivity contribution in [1.29, 1.82) is 0 Å². The molecule has 2 aromatic heterocycles. The molecule has 0 unspecified atom stereocenters. The number of hydrogen-bond acceptors (Lipinski definition) is 6. The summed E-state index contributed by atoms with van der Waals surface area (Å²) in [6, 6.07) is 20.6. The Morgan fingerprint density at radius 1 is 0.914 bits per heavy atom. The second-order valence-corrected chi connectivity index (χ2v) is 8.95. The monoisotopic (exact) mass is 488 g/mol. The van der Waals surface area contributed by atoms with Gasteiger partial charge >= 0.3 is 0 Å². The number of aryl methyl sites for hydroxylation is 1. The van der Waals surface area contributed by atoms with Crippen LogP contribution in [0.15, 0.2) is 77.6 Å². The SMILES string of the molecule is CCOc1ccc(NC(=O)c2ccc(NC(=O)Cn3nc(-c4ccc(C)s4)ccc3=O)cc2)cc1. The number of carbonyl (C=O) groups excluding carboxylic acids is 2. The van der Waals surface area contributed by atoms with Crippen molar-refractivity contribution in [3.63, 3.8) is 0 Å². The average Bonchev–Trinajstić information content (AvgIpc) is 3.28.